The maximum absolute atomic E-state index is 16.4. The maximum atomic E-state index is 16.4. The lowest BCUT2D eigenvalue weighted by atomic mass is 10.2. The molecule has 360 valence electrons. The molecule has 8 rings (SSSR count). The number of benzene rings is 2. The van der Waals surface area contributed by atoms with Gasteiger partial charge in [0.05, 0.1) is 69.8 Å². The van der Waals surface area contributed by atoms with Gasteiger partial charge >= 0.3 is 0 Å². The number of anilines is 2. The Balaban J connectivity index is 1.02. The van der Waals surface area contributed by atoms with Crippen molar-refractivity contribution in [1.82, 2.24) is 59.7 Å². The molecule has 1 unspecified atom stereocenters. The van der Waals surface area contributed by atoms with E-state index in [1.165, 1.54) is 27.4 Å². The number of pyridine rings is 2. The average molecular weight is 947 g/mol. The van der Waals surface area contributed by atoms with E-state index in [1.807, 2.05) is 46.3 Å². The Kier molecular flexibility index (Phi) is 14.6. The third-order valence-electron chi connectivity index (χ3n) is 11.2. The van der Waals surface area contributed by atoms with Gasteiger partial charge in [-0.25, -0.2) is 33.1 Å². The average Bonchev–Trinajstić information content (AvgIpc) is 4.00. The zero-order chi connectivity index (χ0) is 48.8. The molecule has 0 fully saturated rings. The molecule has 8 aromatic rings. The fourth-order valence-electron chi connectivity index (χ4n) is 7.57. The highest BCUT2D eigenvalue weighted by atomic mass is 19.1. The monoisotopic (exact) mass is 946 g/mol. The fourth-order valence-corrected chi connectivity index (χ4v) is 7.57. The topological polar surface area (TPSA) is 182 Å². The molecule has 0 radical (unpaired) electrons. The van der Waals surface area contributed by atoms with Crippen LogP contribution >= 0.6 is 0 Å². The summed E-state index contributed by atoms with van der Waals surface area (Å²) in [7, 11) is 7.59. The summed E-state index contributed by atoms with van der Waals surface area (Å²) in [5, 5.41) is 15.4. The van der Waals surface area contributed by atoms with Crippen molar-refractivity contribution in [3.8, 4) is 45.5 Å². The smallest absolute Gasteiger partial charge is 0.193 e. The van der Waals surface area contributed by atoms with E-state index < -0.39 is 23.1 Å². The van der Waals surface area contributed by atoms with Gasteiger partial charge < -0.3 is 39.0 Å². The minimum Gasteiger partial charge on any atom is -0.493 e. The normalized spacial score (nSPS) is 12.3. The van der Waals surface area contributed by atoms with Crippen LogP contribution in [0.15, 0.2) is 84.6 Å². The Morgan fingerprint density at radius 2 is 1.35 bits per heavy atom. The third-order valence-corrected chi connectivity index (χ3v) is 11.2. The molecule has 0 spiro atoms. The van der Waals surface area contributed by atoms with Gasteiger partial charge in [0.2, 0.25) is 0 Å². The van der Waals surface area contributed by atoms with Crippen molar-refractivity contribution >= 4 is 39.5 Å². The highest BCUT2D eigenvalue weighted by Gasteiger charge is 2.23. The molecule has 0 aliphatic rings. The summed E-state index contributed by atoms with van der Waals surface area (Å²) in [5.74, 6) is -2.14. The van der Waals surface area contributed by atoms with Gasteiger partial charge in [-0.2, -0.15) is 10.2 Å². The number of fused-ring (bicyclic) bond motifs is 2. The molecule has 0 bridgehead atoms. The standard InChI is InChI=1S/C48H53F3N14O4/c1-28(2)52-14-16-64(42-11-9-33-47(61-42)58-35(24-54-33)30-22-56-62(4)26-30)37-19-32(20-38(66-6)43(37)49)69-18-13-29(3)53-15-17-65-41(60-46-44(50)39(67-7)21-40(68-8)45(46)51)12-10-34-48(65)59-36(25-55-34)31-23-57-63(5)27-31/h9-12,19-29,52-53H,13-18H2,1-8H3. The summed E-state index contributed by atoms with van der Waals surface area (Å²) in [5.41, 5.74) is 4.47. The number of halogens is 3. The molecule has 2 aromatic carbocycles. The summed E-state index contributed by atoms with van der Waals surface area (Å²) >= 11 is 0. The van der Waals surface area contributed by atoms with Crippen molar-refractivity contribution in [3.63, 3.8) is 0 Å². The molecule has 1 atom stereocenters. The number of hydrogen-bond donors (Lipinski definition) is 2. The maximum Gasteiger partial charge on any atom is 0.193 e. The molecule has 0 aliphatic carbocycles. The van der Waals surface area contributed by atoms with E-state index in [1.54, 1.807) is 74.9 Å². The first kappa shape index (κ1) is 47.8. The van der Waals surface area contributed by atoms with Gasteiger partial charge in [-0.05, 0) is 37.6 Å². The van der Waals surface area contributed by atoms with Gasteiger partial charge in [0.25, 0.3) is 0 Å². The Labute approximate surface area is 395 Å². The highest BCUT2D eigenvalue weighted by molar-refractivity contribution is 5.77. The molecule has 0 aliphatic heterocycles. The Morgan fingerprint density at radius 3 is 1.99 bits per heavy atom. The van der Waals surface area contributed by atoms with E-state index in [-0.39, 0.29) is 53.7 Å². The number of ether oxygens (including phenoxy) is 4. The van der Waals surface area contributed by atoms with E-state index >= 15 is 13.2 Å². The van der Waals surface area contributed by atoms with Crippen LogP contribution in [0.4, 0.5) is 30.4 Å². The minimum absolute atomic E-state index is 0.00482. The first-order chi connectivity index (χ1) is 33.3. The molecular formula is C48H53F3N14O4. The first-order valence-corrected chi connectivity index (χ1v) is 22.2. The molecule has 6 heterocycles. The van der Waals surface area contributed by atoms with E-state index in [0.717, 1.165) is 17.2 Å². The highest BCUT2D eigenvalue weighted by Crippen LogP contribution is 2.38. The molecule has 69 heavy (non-hydrogen) atoms. The molecule has 18 nitrogen and oxygen atoms in total. The second kappa shape index (κ2) is 21.1. The van der Waals surface area contributed by atoms with Gasteiger partial charge in [-0.3, -0.25) is 19.3 Å². The number of nitrogens with one attached hydrogen (secondary N) is 2. The van der Waals surface area contributed by atoms with Crippen LogP contribution in [0.2, 0.25) is 0 Å². The van der Waals surface area contributed by atoms with Crippen molar-refractivity contribution in [2.75, 3.05) is 52.5 Å². The predicted octanol–water partition coefficient (Wildman–Crippen LogP) is 6.83. The van der Waals surface area contributed by atoms with Gasteiger partial charge in [0.15, 0.2) is 46.0 Å². The van der Waals surface area contributed by atoms with E-state index in [4.69, 9.17) is 33.9 Å². The van der Waals surface area contributed by atoms with Crippen LogP contribution in [0.1, 0.15) is 27.2 Å². The summed E-state index contributed by atoms with van der Waals surface area (Å²) in [6.45, 7) is 7.88. The van der Waals surface area contributed by atoms with Gasteiger partial charge in [0, 0.05) is 94.1 Å². The second-order valence-corrected chi connectivity index (χ2v) is 16.5. The van der Waals surface area contributed by atoms with Crippen LogP contribution in [0.5, 0.6) is 23.0 Å². The van der Waals surface area contributed by atoms with Crippen LogP contribution < -0.4 is 40.0 Å². The third kappa shape index (κ3) is 10.7. The number of rotatable bonds is 20. The number of aryl methyl sites for hydroxylation is 2. The number of nitrogens with zero attached hydrogens (tertiary/aromatic N) is 12. The van der Waals surface area contributed by atoms with E-state index in [0.29, 0.717) is 71.3 Å². The molecular weight excluding hydrogens is 894 g/mol. The fraction of sp³-hybridized carbons (Fsp3) is 0.333. The van der Waals surface area contributed by atoms with Crippen LogP contribution in [0, 0.1) is 17.5 Å². The van der Waals surface area contributed by atoms with Gasteiger partial charge in [-0.1, -0.05) is 13.8 Å². The SMILES string of the molecule is COc1cc(OCCC(C)NCCn2c(=Nc3c(F)c(OC)cc(OC)c3F)ccc3ncc(-c4cnn(C)c4)nc32)cc(N(CCNC(C)C)c2ccc3ncc(-c4cnn(C)c4)nc3n2)c1F. The van der Waals surface area contributed by atoms with Gasteiger partial charge in [-0.15, -0.1) is 0 Å². The molecule has 0 saturated carbocycles. The quantitative estimate of drug-likeness (QED) is 0.0812. The zero-order valence-electron chi connectivity index (χ0n) is 39.5. The van der Waals surface area contributed by atoms with Crippen molar-refractivity contribution in [3.05, 3.63) is 103 Å². The lowest BCUT2D eigenvalue weighted by molar-refractivity contribution is 0.286. The lowest BCUT2D eigenvalue weighted by Crippen LogP contribution is -2.34. The predicted molar refractivity (Wildman–Crippen MR) is 255 cm³/mol. The van der Waals surface area contributed by atoms with Crippen LogP contribution in [-0.4, -0.2) is 109 Å². The Bertz CT molecular complexity index is 3150. The van der Waals surface area contributed by atoms with Crippen molar-refractivity contribution in [2.45, 2.75) is 45.8 Å². The summed E-state index contributed by atoms with van der Waals surface area (Å²) in [6, 6.07) is 11.3. The summed E-state index contributed by atoms with van der Waals surface area (Å²) in [6.07, 6.45) is 10.9. The minimum atomic E-state index is -0.984. The largest absolute Gasteiger partial charge is 0.493 e. The van der Waals surface area contributed by atoms with E-state index in [2.05, 4.69) is 35.8 Å². The molecule has 2 N–H and O–H groups in total. The van der Waals surface area contributed by atoms with Crippen molar-refractivity contribution in [2.24, 2.45) is 19.1 Å². The molecule has 21 heteroatoms. The van der Waals surface area contributed by atoms with E-state index in [9.17, 15) is 0 Å². The van der Waals surface area contributed by atoms with Crippen molar-refractivity contribution in [1.29, 1.82) is 0 Å². The number of hydrogen-bond acceptors (Lipinski definition) is 15. The lowest BCUT2D eigenvalue weighted by Gasteiger charge is -2.26. The van der Waals surface area contributed by atoms with Crippen LogP contribution in [-0.2, 0) is 20.6 Å². The Hall–Kier alpha value is -7.65. The molecule has 0 amide bonds. The summed E-state index contributed by atoms with van der Waals surface area (Å²) < 4.78 is 74.9. The molecule has 0 saturated heterocycles. The Morgan fingerprint density at radius 1 is 0.710 bits per heavy atom. The number of aromatic nitrogens is 10. The zero-order valence-corrected chi connectivity index (χ0v) is 39.5. The first-order valence-electron chi connectivity index (χ1n) is 22.2. The van der Waals surface area contributed by atoms with Crippen LogP contribution in [0.25, 0.3) is 44.8 Å². The molecule has 6 aromatic heterocycles. The van der Waals surface area contributed by atoms with Crippen LogP contribution in [0.3, 0.4) is 0 Å². The summed E-state index contributed by atoms with van der Waals surface area (Å²) in [4.78, 5) is 30.0. The second-order valence-electron chi connectivity index (χ2n) is 16.5. The van der Waals surface area contributed by atoms with Gasteiger partial charge in [0.1, 0.15) is 33.8 Å². The van der Waals surface area contributed by atoms with Crippen molar-refractivity contribution < 1.29 is 32.1 Å². The number of methoxy groups -OCH3 is 3.